The number of piperidine rings is 1. The summed E-state index contributed by atoms with van der Waals surface area (Å²) in [6.07, 6.45) is 7.59. The molecular weight excluding hydrogens is 457 g/mol. The first-order chi connectivity index (χ1) is 17.4. The standard InChI is InChI=1S/C28H32FN5O2/c1-4-18-13-19(14-24(29)27(18)28(35)32-20-7-10-30-11-8-20)25-15-22(9-12-31-25)36-21-5-6-23-17(2)33-34(3)26(23)16-21/h9,12-16,20,30H,4-8,10-11H2,1-3H3,(H,32,35). The number of amides is 1. The molecule has 1 fully saturated rings. The van der Waals surface area contributed by atoms with E-state index in [1.807, 2.05) is 43.8 Å². The SMILES string of the molecule is CCc1cc(-c2cc(OC3=Cc4c(c(C)nn4C)CC3)ccn2)cc(F)c1C(=O)NC1CCNCC1. The molecule has 3 aromatic rings. The quantitative estimate of drug-likeness (QED) is 0.538. The van der Waals surface area contributed by atoms with E-state index >= 15 is 4.39 Å². The minimum Gasteiger partial charge on any atom is -0.462 e. The average Bonchev–Trinajstić information content (AvgIpc) is 3.16. The Morgan fingerprint density at radius 3 is 2.83 bits per heavy atom. The van der Waals surface area contributed by atoms with Crippen molar-refractivity contribution in [2.75, 3.05) is 13.1 Å². The Kier molecular flexibility index (Phi) is 6.87. The fraction of sp³-hybridized carbons (Fsp3) is 0.393. The second-order valence-electron chi connectivity index (χ2n) is 9.51. The molecular formula is C28H32FN5O2. The minimum atomic E-state index is -0.530. The third-order valence-corrected chi connectivity index (χ3v) is 7.04. The van der Waals surface area contributed by atoms with Crippen molar-refractivity contribution in [2.24, 2.45) is 7.05 Å². The van der Waals surface area contributed by atoms with Crippen molar-refractivity contribution < 1.29 is 13.9 Å². The summed E-state index contributed by atoms with van der Waals surface area (Å²) in [7, 11) is 1.94. The van der Waals surface area contributed by atoms with Gasteiger partial charge < -0.3 is 15.4 Å². The lowest BCUT2D eigenvalue weighted by atomic mass is 9.97. The highest BCUT2D eigenvalue weighted by molar-refractivity contribution is 5.96. The molecule has 2 N–H and O–H groups in total. The highest BCUT2D eigenvalue weighted by Gasteiger charge is 2.23. The van der Waals surface area contributed by atoms with Gasteiger partial charge in [-0.25, -0.2) is 4.39 Å². The van der Waals surface area contributed by atoms with Crippen molar-refractivity contribution in [3.05, 3.63) is 70.1 Å². The van der Waals surface area contributed by atoms with Crippen molar-refractivity contribution >= 4 is 12.0 Å². The summed E-state index contributed by atoms with van der Waals surface area (Å²) >= 11 is 0. The summed E-state index contributed by atoms with van der Waals surface area (Å²) in [5.74, 6) is 0.618. The molecule has 0 spiro atoms. The fourth-order valence-electron chi connectivity index (χ4n) is 5.12. The molecule has 7 nitrogen and oxygen atoms in total. The van der Waals surface area contributed by atoms with Gasteiger partial charge in [0.25, 0.3) is 5.91 Å². The van der Waals surface area contributed by atoms with E-state index in [0.717, 1.165) is 55.9 Å². The molecule has 5 rings (SSSR count). The molecule has 188 valence electrons. The molecule has 0 saturated carbocycles. The first-order valence-corrected chi connectivity index (χ1v) is 12.6. The number of nitrogens with one attached hydrogen (secondary N) is 2. The second kappa shape index (κ2) is 10.2. The first kappa shape index (κ1) is 24.2. The molecule has 1 aliphatic carbocycles. The van der Waals surface area contributed by atoms with E-state index in [0.29, 0.717) is 29.0 Å². The monoisotopic (exact) mass is 489 g/mol. The van der Waals surface area contributed by atoms with Gasteiger partial charge in [0.1, 0.15) is 17.3 Å². The van der Waals surface area contributed by atoms with Gasteiger partial charge in [-0.15, -0.1) is 0 Å². The molecule has 1 aromatic carbocycles. The smallest absolute Gasteiger partial charge is 0.254 e. The van der Waals surface area contributed by atoms with Crippen LogP contribution >= 0.6 is 0 Å². The van der Waals surface area contributed by atoms with Crippen LogP contribution in [0.15, 0.2) is 36.2 Å². The summed E-state index contributed by atoms with van der Waals surface area (Å²) in [6, 6.07) is 6.93. The van der Waals surface area contributed by atoms with Crippen LogP contribution in [0.3, 0.4) is 0 Å². The van der Waals surface area contributed by atoms with Crippen LogP contribution in [0.25, 0.3) is 17.3 Å². The van der Waals surface area contributed by atoms with E-state index in [2.05, 4.69) is 20.7 Å². The van der Waals surface area contributed by atoms with Crippen molar-refractivity contribution in [1.29, 1.82) is 0 Å². The number of nitrogens with zero attached hydrogens (tertiary/aromatic N) is 3. The second-order valence-corrected chi connectivity index (χ2v) is 9.51. The van der Waals surface area contributed by atoms with E-state index < -0.39 is 5.82 Å². The van der Waals surface area contributed by atoms with Crippen LogP contribution in [-0.4, -0.2) is 39.8 Å². The number of aryl methyl sites for hydroxylation is 3. The third-order valence-electron chi connectivity index (χ3n) is 7.04. The predicted molar refractivity (Wildman–Crippen MR) is 137 cm³/mol. The Hall–Kier alpha value is -3.52. The zero-order chi connectivity index (χ0) is 25.2. The molecule has 1 amide bonds. The molecule has 0 bridgehead atoms. The topological polar surface area (TPSA) is 81.1 Å². The van der Waals surface area contributed by atoms with Crippen LogP contribution in [-0.2, 0) is 19.9 Å². The van der Waals surface area contributed by atoms with E-state index in [1.165, 1.54) is 11.6 Å². The van der Waals surface area contributed by atoms with E-state index in [4.69, 9.17) is 4.74 Å². The first-order valence-electron chi connectivity index (χ1n) is 12.6. The number of allylic oxidation sites excluding steroid dienone is 1. The van der Waals surface area contributed by atoms with Crippen molar-refractivity contribution in [2.45, 2.75) is 52.0 Å². The number of carbonyl (C=O) groups is 1. The van der Waals surface area contributed by atoms with Crippen LogP contribution in [0, 0.1) is 12.7 Å². The Bertz CT molecular complexity index is 1320. The number of hydrogen-bond donors (Lipinski definition) is 2. The van der Waals surface area contributed by atoms with Gasteiger partial charge in [0, 0.05) is 49.0 Å². The molecule has 1 aliphatic heterocycles. The predicted octanol–water partition coefficient (Wildman–Crippen LogP) is 4.34. The summed E-state index contributed by atoms with van der Waals surface area (Å²) in [5.41, 5.74) is 5.38. The van der Waals surface area contributed by atoms with Crippen LogP contribution in [0.1, 0.15) is 59.1 Å². The van der Waals surface area contributed by atoms with Crippen molar-refractivity contribution in [3.8, 4) is 17.0 Å². The summed E-state index contributed by atoms with van der Waals surface area (Å²) < 4.78 is 23.4. The maximum absolute atomic E-state index is 15.3. The van der Waals surface area contributed by atoms with Gasteiger partial charge in [0.05, 0.1) is 22.6 Å². The molecule has 0 atom stereocenters. The van der Waals surface area contributed by atoms with Gasteiger partial charge in [0.2, 0.25) is 0 Å². The maximum Gasteiger partial charge on any atom is 0.254 e. The molecule has 2 aromatic heterocycles. The lowest BCUT2D eigenvalue weighted by molar-refractivity contribution is 0.0924. The van der Waals surface area contributed by atoms with Crippen LogP contribution < -0.4 is 15.4 Å². The highest BCUT2D eigenvalue weighted by Crippen LogP contribution is 2.30. The van der Waals surface area contributed by atoms with Gasteiger partial charge in [-0.3, -0.25) is 14.5 Å². The number of fused-ring (bicyclic) bond motifs is 1. The number of rotatable bonds is 6. The van der Waals surface area contributed by atoms with Crippen molar-refractivity contribution in [1.82, 2.24) is 25.4 Å². The van der Waals surface area contributed by atoms with E-state index in [-0.39, 0.29) is 17.5 Å². The van der Waals surface area contributed by atoms with Gasteiger partial charge in [-0.2, -0.15) is 5.10 Å². The number of benzene rings is 1. The van der Waals surface area contributed by atoms with Crippen molar-refractivity contribution in [3.63, 3.8) is 0 Å². The molecule has 3 heterocycles. The number of ether oxygens (including phenoxy) is 1. The normalized spacial score (nSPS) is 15.8. The number of aromatic nitrogens is 3. The lowest BCUT2D eigenvalue weighted by Gasteiger charge is -2.24. The van der Waals surface area contributed by atoms with Crippen LogP contribution in [0.2, 0.25) is 0 Å². The summed E-state index contributed by atoms with van der Waals surface area (Å²) in [5, 5.41) is 10.8. The Morgan fingerprint density at radius 2 is 2.06 bits per heavy atom. The molecule has 8 heteroatoms. The maximum atomic E-state index is 15.3. The zero-order valence-corrected chi connectivity index (χ0v) is 21.0. The molecule has 1 saturated heterocycles. The Morgan fingerprint density at radius 1 is 1.25 bits per heavy atom. The molecule has 0 unspecified atom stereocenters. The van der Waals surface area contributed by atoms with Crippen LogP contribution in [0.4, 0.5) is 4.39 Å². The van der Waals surface area contributed by atoms with Gasteiger partial charge in [-0.05, 0) is 69.5 Å². The lowest BCUT2D eigenvalue weighted by Crippen LogP contribution is -2.43. The zero-order valence-electron chi connectivity index (χ0n) is 21.0. The third kappa shape index (κ3) is 4.91. The van der Waals surface area contributed by atoms with Gasteiger partial charge in [0.15, 0.2) is 0 Å². The Labute approximate surface area is 210 Å². The molecule has 36 heavy (non-hydrogen) atoms. The summed E-state index contributed by atoms with van der Waals surface area (Å²) in [4.78, 5) is 17.4. The number of hydrogen-bond acceptors (Lipinski definition) is 5. The molecule has 0 radical (unpaired) electrons. The number of carbonyl (C=O) groups excluding carboxylic acids is 1. The molecule has 2 aliphatic rings. The van der Waals surface area contributed by atoms with Gasteiger partial charge >= 0.3 is 0 Å². The fourth-order valence-corrected chi connectivity index (χ4v) is 5.12. The average molecular weight is 490 g/mol. The number of halogens is 1. The van der Waals surface area contributed by atoms with E-state index in [9.17, 15) is 4.79 Å². The number of pyridine rings is 1. The largest absolute Gasteiger partial charge is 0.462 e. The Balaban J connectivity index is 1.38. The highest BCUT2D eigenvalue weighted by atomic mass is 19.1. The summed E-state index contributed by atoms with van der Waals surface area (Å²) in [6.45, 7) is 5.67. The van der Waals surface area contributed by atoms with Crippen LogP contribution in [0.5, 0.6) is 5.75 Å². The minimum absolute atomic E-state index is 0.0680. The van der Waals surface area contributed by atoms with Gasteiger partial charge in [-0.1, -0.05) is 6.92 Å². The van der Waals surface area contributed by atoms with E-state index in [1.54, 1.807) is 12.3 Å².